The van der Waals surface area contributed by atoms with E-state index in [-0.39, 0.29) is 18.3 Å². The molecule has 0 amide bonds. The molecule has 0 aromatic heterocycles. The second kappa shape index (κ2) is 14.2. The lowest BCUT2D eigenvalue weighted by molar-refractivity contribution is -0.169. The number of unbranched alkanes of at least 4 members (excludes halogenated alkanes) is 2. The molecule has 0 aliphatic rings. The van der Waals surface area contributed by atoms with E-state index in [2.05, 4.69) is 20.8 Å². The summed E-state index contributed by atoms with van der Waals surface area (Å²) in [6.45, 7) is 8.40. The Morgan fingerprint density at radius 2 is 1.38 bits per heavy atom. The summed E-state index contributed by atoms with van der Waals surface area (Å²) in [7, 11) is 1.59. The quantitative estimate of drug-likeness (QED) is 0.247. The van der Waals surface area contributed by atoms with E-state index in [0.717, 1.165) is 56.9 Å². The zero-order chi connectivity index (χ0) is 24.1. The van der Waals surface area contributed by atoms with Crippen molar-refractivity contribution >= 4 is 11.9 Å². The van der Waals surface area contributed by atoms with Gasteiger partial charge in [-0.05, 0) is 42.4 Å². The summed E-state index contributed by atoms with van der Waals surface area (Å²) in [6, 6.07) is 7.31. The highest BCUT2D eigenvalue weighted by Crippen LogP contribution is 2.48. The van der Waals surface area contributed by atoms with Gasteiger partial charge in [-0.1, -0.05) is 91.2 Å². The van der Waals surface area contributed by atoms with Crippen LogP contribution in [0.5, 0.6) is 5.75 Å². The zero-order valence-electron chi connectivity index (χ0n) is 20.7. The van der Waals surface area contributed by atoms with Crippen LogP contribution in [0.1, 0.15) is 103 Å². The molecule has 182 valence electrons. The van der Waals surface area contributed by atoms with Crippen molar-refractivity contribution in [3.05, 3.63) is 29.8 Å². The SMILES string of the molecule is CCCCC(CC)CC(c1ccc(OC)cc1)C(CC(CC)CCCC)(C(=O)O)C(=O)O. The van der Waals surface area contributed by atoms with Crippen LogP contribution < -0.4 is 4.74 Å². The van der Waals surface area contributed by atoms with Gasteiger partial charge >= 0.3 is 11.9 Å². The van der Waals surface area contributed by atoms with Crippen LogP contribution in [0, 0.1) is 17.3 Å². The molecule has 0 radical (unpaired) electrons. The maximum absolute atomic E-state index is 12.8. The van der Waals surface area contributed by atoms with E-state index in [1.54, 1.807) is 19.2 Å². The number of methoxy groups -OCH3 is 1. The summed E-state index contributed by atoms with van der Waals surface area (Å²) in [5.74, 6) is -2.00. The number of hydrogen-bond acceptors (Lipinski definition) is 3. The Balaban J connectivity index is 3.55. The second-order valence-corrected chi connectivity index (χ2v) is 9.18. The van der Waals surface area contributed by atoms with E-state index in [0.29, 0.717) is 12.2 Å². The lowest BCUT2D eigenvalue weighted by Crippen LogP contribution is -2.46. The molecule has 0 fully saturated rings. The highest BCUT2D eigenvalue weighted by Gasteiger charge is 2.54. The molecule has 0 aliphatic carbocycles. The minimum Gasteiger partial charge on any atom is -0.497 e. The van der Waals surface area contributed by atoms with Crippen molar-refractivity contribution in [3.63, 3.8) is 0 Å². The van der Waals surface area contributed by atoms with Gasteiger partial charge in [-0.2, -0.15) is 0 Å². The summed E-state index contributed by atoms with van der Waals surface area (Å²) in [5.41, 5.74) is -1.07. The van der Waals surface area contributed by atoms with Crippen LogP contribution >= 0.6 is 0 Å². The Labute approximate surface area is 194 Å². The van der Waals surface area contributed by atoms with E-state index >= 15 is 0 Å². The molecular weight excluding hydrogens is 404 g/mol. The van der Waals surface area contributed by atoms with E-state index in [4.69, 9.17) is 4.74 Å². The topological polar surface area (TPSA) is 83.8 Å². The normalized spacial score (nSPS) is 14.5. The molecule has 2 N–H and O–H groups in total. The average Bonchev–Trinajstić information content (AvgIpc) is 2.79. The molecule has 3 atom stereocenters. The van der Waals surface area contributed by atoms with Gasteiger partial charge in [0.05, 0.1) is 7.11 Å². The number of benzene rings is 1. The van der Waals surface area contributed by atoms with Gasteiger partial charge in [-0.3, -0.25) is 9.59 Å². The number of carboxylic acids is 2. The van der Waals surface area contributed by atoms with E-state index in [9.17, 15) is 19.8 Å². The van der Waals surface area contributed by atoms with Gasteiger partial charge in [0.25, 0.3) is 0 Å². The Bertz CT molecular complexity index is 668. The number of hydrogen-bond donors (Lipinski definition) is 2. The predicted molar refractivity (Wildman–Crippen MR) is 129 cm³/mol. The van der Waals surface area contributed by atoms with Crippen molar-refractivity contribution < 1.29 is 24.5 Å². The van der Waals surface area contributed by atoms with Gasteiger partial charge in [0.15, 0.2) is 5.41 Å². The first-order valence-corrected chi connectivity index (χ1v) is 12.4. The van der Waals surface area contributed by atoms with Crippen LogP contribution in [0.25, 0.3) is 0 Å². The number of carboxylic acid groups (broad SMARTS) is 2. The highest BCUT2D eigenvalue weighted by atomic mass is 16.5. The number of rotatable bonds is 17. The molecule has 0 bridgehead atoms. The van der Waals surface area contributed by atoms with Gasteiger partial charge < -0.3 is 14.9 Å². The first-order valence-electron chi connectivity index (χ1n) is 12.4. The molecule has 1 aromatic rings. The van der Waals surface area contributed by atoms with Gasteiger partial charge in [-0.15, -0.1) is 0 Å². The van der Waals surface area contributed by atoms with Crippen LogP contribution in [-0.2, 0) is 9.59 Å². The van der Waals surface area contributed by atoms with Crippen LogP contribution in [0.2, 0.25) is 0 Å². The van der Waals surface area contributed by atoms with Crippen LogP contribution in [0.3, 0.4) is 0 Å². The molecule has 0 aliphatic heterocycles. The highest BCUT2D eigenvalue weighted by molar-refractivity contribution is 5.99. The smallest absolute Gasteiger partial charge is 0.321 e. The molecular formula is C27H44O5. The number of aliphatic carboxylic acids is 2. The van der Waals surface area contributed by atoms with Crippen molar-refractivity contribution in [1.82, 2.24) is 0 Å². The van der Waals surface area contributed by atoms with Gasteiger partial charge in [-0.25, -0.2) is 0 Å². The lowest BCUT2D eigenvalue weighted by Gasteiger charge is -2.38. The Hall–Kier alpha value is -2.04. The van der Waals surface area contributed by atoms with E-state index in [1.165, 1.54) is 0 Å². The zero-order valence-corrected chi connectivity index (χ0v) is 20.7. The van der Waals surface area contributed by atoms with Crippen LogP contribution in [0.4, 0.5) is 0 Å². The summed E-state index contributed by atoms with van der Waals surface area (Å²) in [4.78, 5) is 25.6. The summed E-state index contributed by atoms with van der Waals surface area (Å²) < 4.78 is 5.28. The van der Waals surface area contributed by atoms with Gasteiger partial charge in [0.2, 0.25) is 0 Å². The molecule has 1 aromatic carbocycles. The minimum atomic E-state index is -1.84. The van der Waals surface area contributed by atoms with E-state index in [1.807, 2.05) is 19.1 Å². The van der Waals surface area contributed by atoms with Crippen molar-refractivity contribution in [2.45, 2.75) is 97.8 Å². The average molecular weight is 449 g/mol. The summed E-state index contributed by atoms with van der Waals surface area (Å²) in [6.07, 6.45) is 8.40. The standard InChI is InChI=1S/C27H44O5/c1-6-10-12-20(8-3)18-24(22-14-16-23(32-5)17-15-22)27(25(28)29,26(30)31)19-21(9-4)13-11-7-2/h14-17,20-21,24H,6-13,18-19H2,1-5H3,(H,28,29)(H,30,31). The second-order valence-electron chi connectivity index (χ2n) is 9.18. The Kier molecular flexibility index (Phi) is 12.4. The molecule has 0 spiro atoms. The lowest BCUT2D eigenvalue weighted by atomic mass is 9.63. The third-order valence-corrected chi connectivity index (χ3v) is 7.14. The molecule has 0 heterocycles. The first-order chi connectivity index (χ1) is 15.3. The maximum Gasteiger partial charge on any atom is 0.321 e. The Morgan fingerprint density at radius 3 is 1.78 bits per heavy atom. The minimum absolute atomic E-state index is 0.0682. The first kappa shape index (κ1) is 28.0. The summed E-state index contributed by atoms with van der Waals surface area (Å²) >= 11 is 0. The summed E-state index contributed by atoms with van der Waals surface area (Å²) in [5, 5.41) is 20.9. The Morgan fingerprint density at radius 1 is 0.875 bits per heavy atom. The fraction of sp³-hybridized carbons (Fsp3) is 0.704. The molecule has 1 rings (SSSR count). The van der Waals surface area contributed by atoms with Crippen molar-refractivity contribution in [2.75, 3.05) is 7.11 Å². The fourth-order valence-electron chi connectivity index (χ4n) is 4.88. The van der Waals surface area contributed by atoms with Crippen LogP contribution in [-0.4, -0.2) is 29.3 Å². The molecule has 3 unspecified atom stereocenters. The fourth-order valence-corrected chi connectivity index (χ4v) is 4.88. The van der Waals surface area contributed by atoms with Crippen molar-refractivity contribution in [2.24, 2.45) is 17.3 Å². The van der Waals surface area contributed by atoms with Crippen LogP contribution in [0.15, 0.2) is 24.3 Å². The van der Waals surface area contributed by atoms with Crippen molar-refractivity contribution in [3.8, 4) is 5.75 Å². The third kappa shape index (κ3) is 7.25. The molecule has 5 heteroatoms. The van der Waals surface area contributed by atoms with E-state index < -0.39 is 23.3 Å². The molecule has 0 saturated heterocycles. The molecule has 32 heavy (non-hydrogen) atoms. The number of carbonyl (C=O) groups is 2. The molecule has 5 nitrogen and oxygen atoms in total. The number of ether oxygens (including phenoxy) is 1. The third-order valence-electron chi connectivity index (χ3n) is 7.14. The van der Waals surface area contributed by atoms with Crippen molar-refractivity contribution in [1.29, 1.82) is 0 Å². The van der Waals surface area contributed by atoms with Gasteiger partial charge in [0, 0.05) is 5.92 Å². The largest absolute Gasteiger partial charge is 0.497 e. The monoisotopic (exact) mass is 448 g/mol. The molecule has 0 saturated carbocycles. The maximum atomic E-state index is 12.8. The predicted octanol–water partition coefficient (Wildman–Crippen LogP) is 7.15. The van der Waals surface area contributed by atoms with Gasteiger partial charge in [0.1, 0.15) is 5.75 Å².